The van der Waals surface area contributed by atoms with Gasteiger partial charge in [-0.2, -0.15) is 0 Å². The third kappa shape index (κ3) is 4.19. The molecule has 0 unspecified atom stereocenters. The van der Waals surface area contributed by atoms with Crippen LogP contribution in [-0.4, -0.2) is 11.7 Å². The normalized spacial score (nSPS) is 20.1. The van der Waals surface area contributed by atoms with Crippen LogP contribution >= 0.6 is 11.6 Å². The lowest BCUT2D eigenvalue weighted by atomic mass is 9.68. The SMILES string of the molecule is CC1=C(C(=O)Nc2ccc(F)cc2F)[C@@H](c2cccc(Cl)c2)C2=C(CC(C)(C)CC2=O)N1. The van der Waals surface area contributed by atoms with Crippen molar-refractivity contribution < 1.29 is 18.4 Å². The number of rotatable bonds is 3. The van der Waals surface area contributed by atoms with E-state index in [1.54, 1.807) is 25.1 Å². The molecule has 1 heterocycles. The number of hydrogen-bond donors (Lipinski definition) is 2. The molecule has 0 fully saturated rings. The third-order valence-electron chi connectivity index (χ3n) is 5.85. The molecule has 1 amide bonds. The number of benzene rings is 2. The molecule has 0 spiro atoms. The molecule has 2 N–H and O–H groups in total. The lowest BCUT2D eigenvalue weighted by molar-refractivity contribution is -0.118. The molecule has 0 saturated heterocycles. The molecule has 4 nitrogen and oxygen atoms in total. The zero-order valence-electron chi connectivity index (χ0n) is 18.0. The van der Waals surface area contributed by atoms with Crippen LogP contribution in [0.15, 0.2) is 65.0 Å². The van der Waals surface area contributed by atoms with E-state index in [9.17, 15) is 18.4 Å². The monoisotopic (exact) mass is 456 g/mol. The van der Waals surface area contributed by atoms with E-state index in [0.717, 1.165) is 11.8 Å². The van der Waals surface area contributed by atoms with E-state index in [0.29, 0.717) is 46.3 Å². The number of carbonyl (C=O) groups is 2. The molecule has 0 aromatic heterocycles. The van der Waals surface area contributed by atoms with Crippen LogP contribution in [0.3, 0.4) is 0 Å². The number of dihydropyridines is 1. The van der Waals surface area contributed by atoms with Gasteiger partial charge in [-0.3, -0.25) is 9.59 Å². The van der Waals surface area contributed by atoms with E-state index in [-0.39, 0.29) is 16.9 Å². The molecule has 2 aliphatic rings. The Labute approximate surface area is 190 Å². The highest BCUT2D eigenvalue weighted by molar-refractivity contribution is 6.30. The van der Waals surface area contributed by atoms with Crippen LogP contribution in [0, 0.1) is 17.0 Å². The lowest BCUT2D eigenvalue weighted by Gasteiger charge is -2.39. The third-order valence-corrected chi connectivity index (χ3v) is 6.08. The Morgan fingerprint density at radius 1 is 1.16 bits per heavy atom. The Morgan fingerprint density at radius 2 is 1.91 bits per heavy atom. The molecular formula is C25H23ClF2N2O2. The van der Waals surface area contributed by atoms with Gasteiger partial charge < -0.3 is 10.6 Å². The highest BCUT2D eigenvalue weighted by Crippen LogP contribution is 2.47. The van der Waals surface area contributed by atoms with Crippen LogP contribution < -0.4 is 10.6 Å². The summed E-state index contributed by atoms with van der Waals surface area (Å²) in [6.07, 6.45) is 1.01. The van der Waals surface area contributed by atoms with Crippen molar-refractivity contribution in [1.29, 1.82) is 0 Å². The van der Waals surface area contributed by atoms with E-state index >= 15 is 0 Å². The average Bonchev–Trinajstić information content (AvgIpc) is 2.68. The predicted octanol–water partition coefficient (Wildman–Crippen LogP) is 5.86. The number of carbonyl (C=O) groups excluding carboxylic acids is 2. The quantitative estimate of drug-likeness (QED) is 0.608. The van der Waals surface area contributed by atoms with E-state index < -0.39 is 23.5 Å². The zero-order valence-corrected chi connectivity index (χ0v) is 18.7. The summed E-state index contributed by atoms with van der Waals surface area (Å²) in [4.78, 5) is 26.6. The Morgan fingerprint density at radius 3 is 2.59 bits per heavy atom. The molecule has 0 radical (unpaired) electrons. The second kappa shape index (κ2) is 8.17. The first-order valence-electron chi connectivity index (χ1n) is 10.3. The Kier molecular flexibility index (Phi) is 5.67. The van der Waals surface area contributed by atoms with Gasteiger partial charge in [-0.25, -0.2) is 8.78 Å². The summed E-state index contributed by atoms with van der Waals surface area (Å²) < 4.78 is 27.5. The fraction of sp³-hybridized carbons (Fsp3) is 0.280. The van der Waals surface area contributed by atoms with E-state index in [1.807, 2.05) is 19.9 Å². The number of hydrogen-bond acceptors (Lipinski definition) is 3. The van der Waals surface area contributed by atoms with Crippen LogP contribution in [-0.2, 0) is 9.59 Å². The molecular weight excluding hydrogens is 434 g/mol. The van der Waals surface area contributed by atoms with Crippen LogP contribution in [0.4, 0.5) is 14.5 Å². The number of nitrogens with one attached hydrogen (secondary N) is 2. The first kappa shape index (κ1) is 22.2. The van der Waals surface area contributed by atoms with Crippen molar-refractivity contribution in [2.24, 2.45) is 5.41 Å². The van der Waals surface area contributed by atoms with Crippen molar-refractivity contribution in [3.05, 3.63) is 87.2 Å². The molecule has 166 valence electrons. The number of amides is 1. The maximum absolute atomic E-state index is 14.2. The van der Waals surface area contributed by atoms with Crippen molar-refractivity contribution >= 4 is 29.0 Å². The van der Waals surface area contributed by atoms with E-state index in [4.69, 9.17) is 11.6 Å². The Hall–Kier alpha value is -2.99. The predicted molar refractivity (Wildman–Crippen MR) is 120 cm³/mol. The highest BCUT2D eigenvalue weighted by atomic mass is 35.5. The summed E-state index contributed by atoms with van der Waals surface area (Å²) >= 11 is 6.23. The molecule has 32 heavy (non-hydrogen) atoms. The van der Waals surface area contributed by atoms with Crippen LogP contribution in [0.25, 0.3) is 0 Å². The summed E-state index contributed by atoms with van der Waals surface area (Å²) in [6.45, 7) is 5.82. The van der Waals surface area contributed by atoms with Crippen molar-refractivity contribution in [2.75, 3.05) is 5.32 Å². The summed E-state index contributed by atoms with van der Waals surface area (Å²) in [5.74, 6) is -2.89. The summed E-state index contributed by atoms with van der Waals surface area (Å²) in [5.41, 5.74) is 2.53. The average molecular weight is 457 g/mol. The summed E-state index contributed by atoms with van der Waals surface area (Å²) in [6, 6.07) is 9.98. The fourth-order valence-electron chi connectivity index (χ4n) is 4.54. The Bertz CT molecular complexity index is 1200. The number of Topliss-reactive ketones (excluding diaryl/α,β-unsaturated/α-hetero) is 1. The molecule has 0 bridgehead atoms. The molecule has 2 aromatic carbocycles. The molecule has 0 saturated carbocycles. The van der Waals surface area contributed by atoms with Gasteiger partial charge in [0.05, 0.1) is 5.69 Å². The standard InChI is InChI=1S/C25H23ClF2N2O2/c1-13-21(24(32)30-18-8-7-16(27)10-17(18)28)22(14-5-4-6-15(26)9-14)23-19(29-13)11-25(2,3)12-20(23)31/h4-10,22,29H,11-12H2,1-3H3,(H,30,32)/t22-/m1/s1. The van der Waals surface area contributed by atoms with Crippen molar-refractivity contribution in [3.63, 3.8) is 0 Å². The lowest BCUT2D eigenvalue weighted by Crippen LogP contribution is -2.39. The zero-order chi connectivity index (χ0) is 23.2. The molecule has 1 aliphatic heterocycles. The van der Waals surface area contributed by atoms with Crippen molar-refractivity contribution in [2.45, 2.75) is 39.5 Å². The van der Waals surface area contributed by atoms with E-state index in [2.05, 4.69) is 10.6 Å². The first-order chi connectivity index (χ1) is 15.1. The largest absolute Gasteiger partial charge is 0.362 e. The first-order valence-corrected chi connectivity index (χ1v) is 10.7. The van der Waals surface area contributed by atoms with Gasteiger partial charge in [-0.1, -0.05) is 37.6 Å². The number of anilines is 1. The fourth-order valence-corrected chi connectivity index (χ4v) is 4.74. The summed E-state index contributed by atoms with van der Waals surface area (Å²) in [5, 5.41) is 6.26. The smallest absolute Gasteiger partial charge is 0.254 e. The van der Waals surface area contributed by atoms with Gasteiger partial charge >= 0.3 is 0 Å². The van der Waals surface area contributed by atoms with Crippen molar-refractivity contribution in [1.82, 2.24) is 5.32 Å². The van der Waals surface area contributed by atoms with Gasteiger partial charge in [0.2, 0.25) is 0 Å². The minimum Gasteiger partial charge on any atom is -0.362 e. The molecule has 7 heteroatoms. The second-order valence-corrected chi connectivity index (χ2v) is 9.50. The Balaban J connectivity index is 1.81. The van der Waals surface area contributed by atoms with Gasteiger partial charge in [-0.05, 0) is 48.6 Å². The van der Waals surface area contributed by atoms with Gasteiger partial charge in [0.1, 0.15) is 11.6 Å². The number of halogens is 3. The highest BCUT2D eigenvalue weighted by Gasteiger charge is 2.42. The van der Waals surface area contributed by atoms with Gasteiger partial charge in [0.25, 0.3) is 5.91 Å². The maximum Gasteiger partial charge on any atom is 0.254 e. The topological polar surface area (TPSA) is 58.2 Å². The second-order valence-electron chi connectivity index (χ2n) is 9.06. The van der Waals surface area contributed by atoms with Crippen LogP contribution in [0.5, 0.6) is 0 Å². The molecule has 1 atom stereocenters. The molecule has 2 aromatic rings. The summed E-state index contributed by atoms with van der Waals surface area (Å²) in [7, 11) is 0. The van der Waals surface area contributed by atoms with Crippen molar-refractivity contribution in [3.8, 4) is 0 Å². The maximum atomic E-state index is 14.2. The number of allylic oxidation sites excluding steroid dienone is 3. The molecule has 4 rings (SSSR count). The minimum absolute atomic E-state index is 0.0421. The molecule has 1 aliphatic carbocycles. The minimum atomic E-state index is -0.880. The van der Waals surface area contributed by atoms with Gasteiger partial charge in [-0.15, -0.1) is 0 Å². The van der Waals surface area contributed by atoms with Crippen LogP contribution in [0.2, 0.25) is 5.02 Å². The van der Waals surface area contributed by atoms with Gasteiger partial charge in [0, 0.05) is 46.0 Å². The van der Waals surface area contributed by atoms with Gasteiger partial charge in [0.15, 0.2) is 5.78 Å². The van der Waals surface area contributed by atoms with E-state index in [1.165, 1.54) is 6.07 Å². The van der Waals surface area contributed by atoms with Crippen LogP contribution in [0.1, 0.15) is 45.1 Å². The number of ketones is 1.